The number of unbranched alkanes of at least 4 members (excludes halogenated alkanes) is 39. The normalized spacial score (nSPS) is 14.0. The first-order valence-electron chi connectivity index (χ1n) is 30.2. The van der Waals surface area contributed by atoms with Crippen LogP contribution in [-0.4, -0.2) is 73.4 Å². The first-order valence-corrected chi connectivity index (χ1v) is 31.7. The fourth-order valence-corrected chi connectivity index (χ4v) is 9.93. The summed E-state index contributed by atoms with van der Waals surface area (Å²) in [7, 11) is 1.62. The number of allylic oxidation sites excluding steroid dienone is 4. The van der Waals surface area contributed by atoms with Gasteiger partial charge in [0, 0.05) is 6.42 Å². The molecular weight excluding hydrogens is 876 g/mol. The molecule has 8 nitrogen and oxygen atoms in total. The summed E-state index contributed by atoms with van der Waals surface area (Å²) in [6.45, 7) is 4.93. The van der Waals surface area contributed by atoms with Gasteiger partial charge in [-0.15, -0.1) is 0 Å². The second-order valence-corrected chi connectivity index (χ2v) is 23.5. The minimum Gasteiger partial charge on any atom is -0.391 e. The summed E-state index contributed by atoms with van der Waals surface area (Å²) in [6, 6.07) is -0.763. The Balaban J connectivity index is 4.14. The molecule has 0 rings (SSSR count). The number of aliphatic hydroxyl groups is 1. The van der Waals surface area contributed by atoms with E-state index in [1.165, 1.54) is 231 Å². The third-order valence-electron chi connectivity index (χ3n) is 14.0. The van der Waals surface area contributed by atoms with E-state index in [0.29, 0.717) is 23.9 Å². The van der Waals surface area contributed by atoms with Gasteiger partial charge in [-0.3, -0.25) is 13.8 Å². The molecule has 0 spiro atoms. The summed E-state index contributed by atoms with van der Waals surface area (Å²) in [5.74, 6) is -0.144. The average molecular weight is 997 g/mol. The Kier molecular flexibility index (Phi) is 51.1. The van der Waals surface area contributed by atoms with Crippen molar-refractivity contribution in [1.29, 1.82) is 0 Å². The van der Waals surface area contributed by atoms with Gasteiger partial charge in [0.25, 0.3) is 0 Å². The van der Waals surface area contributed by atoms with Crippen LogP contribution in [0.3, 0.4) is 0 Å². The predicted molar refractivity (Wildman–Crippen MR) is 300 cm³/mol. The van der Waals surface area contributed by atoms with Crippen molar-refractivity contribution >= 4 is 13.7 Å². The lowest BCUT2D eigenvalue weighted by atomic mass is 10.0. The lowest BCUT2D eigenvalue weighted by Gasteiger charge is -2.26. The van der Waals surface area contributed by atoms with Crippen LogP contribution in [0.2, 0.25) is 0 Å². The van der Waals surface area contributed by atoms with Crippen molar-refractivity contribution in [2.24, 2.45) is 0 Å². The number of likely N-dealkylation sites (N-methyl/N-ethyl adjacent to an activating group) is 1. The monoisotopic (exact) mass is 996 g/mol. The first-order chi connectivity index (χ1) is 33.5. The highest BCUT2D eigenvalue weighted by Crippen LogP contribution is 2.43. The number of nitrogens with one attached hydrogen (secondary N) is 1. The van der Waals surface area contributed by atoms with Gasteiger partial charge in [0.1, 0.15) is 13.2 Å². The smallest absolute Gasteiger partial charge is 0.391 e. The molecule has 3 N–H and O–H groups in total. The van der Waals surface area contributed by atoms with Crippen LogP contribution in [0.25, 0.3) is 0 Å². The molecule has 3 atom stereocenters. The highest BCUT2D eigenvalue weighted by molar-refractivity contribution is 7.47. The van der Waals surface area contributed by atoms with Gasteiger partial charge in [0.15, 0.2) is 0 Å². The highest BCUT2D eigenvalue weighted by atomic mass is 31.2. The number of phosphoric acid groups is 1. The number of quaternary nitrogens is 1. The van der Waals surface area contributed by atoms with Crippen LogP contribution in [0.5, 0.6) is 0 Å². The number of carbonyl (C=O) groups is 1. The molecule has 3 unspecified atom stereocenters. The van der Waals surface area contributed by atoms with E-state index in [1.54, 1.807) is 0 Å². The summed E-state index contributed by atoms with van der Waals surface area (Å²) >= 11 is 0. The summed E-state index contributed by atoms with van der Waals surface area (Å²) in [4.78, 5) is 23.4. The fraction of sp³-hybridized carbons (Fsp3) is 0.917. The Labute approximate surface area is 430 Å². The number of aliphatic hydroxyl groups excluding tert-OH is 1. The summed E-state index contributed by atoms with van der Waals surface area (Å²) < 4.78 is 23.8. The summed E-state index contributed by atoms with van der Waals surface area (Å²) in [5.41, 5.74) is 0. The van der Waals surface area contributed by atoms with E-state index in [-0.39, 0.29) is 19.1 Å². The van der Waals surface area contributed by atoms with E-state index in [9.17, 15) is 19.4 Å². The second kappa shape index (κ2) is 51.9. The molecule has 0 aliphatic carbocycles. The number of hydrogen-bond donors (Lipinski definition) is 3. The van der Waals surface area contributed by atoms with Crippen molar-refractivity contribution in [2.45, 2.75) is 315 Å². The molecule has 0 aliphatic rings. The van der Waals surface area contributed by atoms with Gasteiger partial charge < -0.3 is 19.8 Å². The van der Waals surface area contributed by atoms with E-state index in [2.05, 4.69) is 43.5 Å². The molecule has 0 radical (unpaired) electrons. The minimum atomic E-state index is -4.32. The molecule has 0 saturated heterocycles. The Bertz CT molecular complexity index is 1170. The van der Waals surface area contributed by atoms with Crippen molar-refractivity contribution in [1.82, 2.24) is 5.32 Å². The highest BCUT2D eigenvalue weighted by Gasteiger charge is 2.28. The van der Waals surface area contributed by atoms with Crippen LogP contribution in [0.1, 0.15) is 303 Å². The topological polar surface area (TPSA) is 105 Å². The molecule has 69 heavy (non-hydrogen) atoms. The zero-order valence-electron chi connectivity index (χ0n) is 46.8. The first kappa shape index (κ1) is 68.0. The van der Waals surface area contributed by atoms with Gasteiger partial charge in [-0.1, -0.05) is 276 Å². The number of hydrogen-bond acceptors (Lipinski definition) is 5. The molecule has 0 fully saturated rings. The average Bonchev–Trinajstić information content (AvgIpc) is 3.31. The lowest BCUT2D eigenvalue weighted by molar-refractivity contribution is -0.870. The van der Waals surface area contributed by atoms with Gasteiger partial charge in [0.05, 0.1) is 39.9 Å². The number of carbonyl (C=O) groups excluding carboxylic acids is 1. The van der Waals surface area contributed by atoms with Crippen LogP contribution in [0, 0.1) is 0 Å². The Hall–Kier alpha value is -1.02. The van der Waals surface area contributed by atoms with E-state index < -0.39 is 20.0 Å². The number of amides is 1. The third kappa shape index (κ3) is 54.6. The molecular formula is C60H120N2O6P+. The van der Waals surface area contributed by atoms with Gasteiger partial charge in [0.2, 0.25) is 5.91 Å². The molecule has 0 saturated carbocycles. The van der Waals surface area contributed by atoms with Gasteiger partial charge in [-0.25, -0.2) is 4.57 Å². The second-order valence-electron chi connectivity index (χ2n) is 22.1. The largest absolute Gasteiger partial charge is 0.472 e. The third-order valence-corrected chi connectivity index (χ3v) is 14.9. The molecule has 0 aromatic rings. The SMILES string of the molecule is CCCCCCCCCCC/C=C\C/C=C\CCCCCCCCCCCC(=O)NC(COP(=O)(O)OCC[N+](C)(C)C)C(O)CCCCCCCCCCCCCCCCCCCCCCCC. The van der Waals surface area contributed by atoms with Crippen molar-refractivity contribution in [3.05, 3.63) is 24.3 Å². The Morgan fingerprint density at radius 2 is 0.826 bits per heavy atom. The molecule has 0 heterocycles. The number of rotatable bonds is 56. The molecule has 0 aromatic carbocycles. The lowest BCUT2D eigenvalue weighted by Crippen LogP contribution is -2.46. The molecule has 0 aromatic heterocycles. The molecule has 410 valence electrons. The maximum Gasteiger partial charge on any atom is 0.472 e. The van der Waals surface area contributed by atoms with Gasteiger partial charge in [-0.2, -0.15) is 0 Å². The fourth-order valence-electron chi connectivity index (χ4n) is 9.20. The van der Waals surface area contributed by atoms with Crippen LogP contribution < -0.4 is 5.32 Å². The van der Waals surface area contributed by atoms with Crippen LogP contribution in [-0.2, 0) is 18.4 Å². The van der Waals surface area contributed by atoms with Crippen LogP contribution in [0.15, 0.2) is 24.3 Å². The van der Waals surface area contributed by atoms with Gasteiger partial charge in [-0.05, 0) is 44.9 Å². The number of nitrogens with zero attached hydrogens (tertiary/aromatic N) is 1. The minimum absolute atomic E-state index is 0.0751. The van der Waals surface area contributed by atoms with Crippen molar-refractivity contribution in [3.8, 4) is 0 Å². The van der Waals surface area contributed by atoms with E-state index >= 15 is 0 Å². The van der Waals surface area contributed by atoms with Crippen LogP contribution in [0.4, 0.5) is 0 Å². The van der Waals surface area contributed by atoms with E-state index in [0.717, 1.165) is 44.9 Å². The quantitative estimate of drug-likeness (QED) is 0.0243. The predicted octanol–water partition coefficient (Wildman–Crippen LogP) is 18.4. The number of phosphoric ester groups is 1. The van der Waals surface area contributed by atoms with Crippen molar-refractivity contribution < 1.29 is 32.9 Å². The van der Waals surface area contributed by atoms with Gasteiger partial charge >= 0.3 is 7.82 Å². The zero-order chi connectivity index (χ0) is 50.6. The Morgan fingerprint density at radius 3 is 1.19 bits per heavy atom. The standard InChI is InChI=1S/C60H119N2O6P/c1-6-8-10-12-14-16-18-20-22-24-26-28-30-31-32-34-36-38-40-42-44-46-48-50-52-54-60(64)61-58(57-68-69(65,66)67-56-55-62(3,4)5)59(63)53-51-49-47-45-43-41-39-37-35-33-29-27-25-23-21-19-17-15-13-11-9-7-2/h26,28,31-32,58-59,63H,6-25,27,29-30,33-57H2,1-5H3,(H-,61,64,65,66)/p+1/b28-26-,32-31-. The van der Waals surface area contributed by atoms with E-state index in [4.69, 9.17) is 9.05 Å². The summed E-state index contributed by atoms with van der Waals surface area (Å²) in [5, 5.41) is 14.1. The van der Waals surface area contributed by atoms with Crippen LogP contribution >= 0.6 is 7.82 Å². The molecule has 0 aliphatic heterocycles. The van der Waals surface area contributed by atoms with Crippen molar-refractivity contribution in [3.63, 3.8) is 0 Å². The maximum absolute atomic E-state index is 13.0. The van der Waals surface area contributed by atoms with E-state index in [1.807, 2.05) is 21.1 Å². The summed E-state index contributed by atoms with van der Waals surface area (Å²) in [6.07, 6.45) is 65.2. The zero-order valence-corrected chi connectivity index (χ0v) is 47.7. The van der Waals surface area contributed by atoms with Crippen molar-refractivity contribution in [2.75, 3.05) is 40.9 Å². The maximum atomic E-state index is 13.0. The molecule has 9 heteroatoms. The molecule has 1 amide bonds. The molecule has 0 bridgehead atoms. The Morgan fingerprint density at radius 1 is 0.493 bits per heavy atom.